The first-order valence-corrected chi connectivity index (χ1v) is 14.5. The Balaban J connectivity index is 1.47. The van der Waals surface area contributed by atoms with E-state index in [1.54, 1.807) is 0 Å². The molecule has 1 aromatic heterocycles. The van der Waals surface area contributed by atoms with Gasteiger partial charge in [-0.2, -0.15) is 0 Å². The topological polar surface area (TPSA) is 28.5 Å². The maximum atomic E-state index is 14.4. The van der Waals surface area contributed by atoms with Crippen LogP contribution in [-0.2, 0) is 19.4 Å². The van der Waals surface area contributed by atoms with Gasteiger partial charge in [-0.05, 0) is 55.7 Å². The van der Waals surface area contributed by atoms with Gasteiger partial charge in [0, 0.05) is 60.2 Å². The molecule has 1 amide bonds. The standard InChI is InChI=1S/C34H36BrN3O/c1-3-4-18-33-32(21-26(2)38(33)30-17-11-16-29(35)23-30)34(39)37-20-19-36(24-28-14-9-6-10-15-28)25-31(37)22-27-12-7-5-8-13-27/h3-17,21,23,31H,18-20,22,24-25H2,1-2H3/b4-3-/t31-/m1/s1. The number of aromatic nitrogens is 1. The molecule has 0 unspecified atom stereocenters. The van der Waals surface area contributed by atoms with Crippen molar-refractivity contribution >= 4 is 21.8 Å². The molecule has 4 aromatic rings. The number of carbonyl (C=O) groups is 1. The van der Waals surface area contributed by atoms with Crippen LogP contribution in [0.3, 0.4) is 0 Å². The summed E-state index contributed by atoms with van der Waals surface area (Å²) in [6.07, 6.45) is 5.74. The molecule has 39 heavy (non-hydrogen) atoms. The predicted octanol–water partition coefficient (Wildman–Crippen LogP) is 7.24. The van der Waals surface area contributed by atoms with Gasteiger partial charge in [-0.15, -0.1) is 0 Å². The van der Waals surface area contributed by atoms with Crippen LogP contribution in [0, 0.1) is 6.92 Å². The molecule has 1 saturated heterocycles. The van der Waals surface area contributed by atoms with E-state index in [1.165, 1.54) is 11.1 Å². The quantitative estimate of drug-likeness (QED) is 0.205. The fraction of sp³-hybridized carbons (Fsp3) is 0.265. The Morgan fingerprint density at radius 1 is 0.923 bits per heavy atom. The van der Waals surface area contributed by atoms with E-state index >= 15 is 0 Å². The normalized spacial score (nSPS) is 16.2. The molecule has 3 aromatic carbocycles. The number of benzene rings is 3. The molecule has 4 nitrogen and oxygen atoms in total. The molecule has 1 fully saturated rings. The molecule has 1 atom stereocenters. The highest BCUT2D eigenvalue weighted by Gasteiger charge is 2.33. The van der Waals surface area contributed by atoms with Gasteiger partial charge in [0.05, 0.1) is 5.56 Å². The number of rotatable bonds is 8. The van der Waals surface area contributed by atoms with Gasteiger partial charge < -0.3 is 9.47 Å². The summed E-state index contributed by atoms with van der Waals surface area (Å²) in [7, 11) is 0. The van der Waals surface area contributed by atoms with Crippen LogP contribution in [0.1, 0.15) is 39.8 Å². The average Bonchev–Trinajstić information content (AvgIpc) is 3.28. The zero-order valence-electron chi connectivity index (χ0n) is 22.8. The van der Waals surface area contributed by atoms with E-state index in [2.05, 4.69) is 128 Å². The van der Waals surface area contributed by atoms with Crippen LogP contribution in [0.25, 0.3) is 5.69 Å². The molecule has 0 aliphatic carbocycles. The molecule has 0 bridgehead atoms. The van der Waals surface area contributed by atoms with E-state index in [0.29, 0.717) is 13.0 Å². The van der Waals surface area contributed by atoms with E-state index in [1.807, 2.05) is 19.1 Å². The second-order valence-electron chi connectivity index (χ2n) is 10.3. The third-order valence-electron chi connectivity index (χ3n) is 7.52. The first-order valence-electron chi connectivity index (χ1n) is 13.7. The molecule has 1 aliphatic rings. The monoisotopic (exact) mass is 581 g/mol. The summed E-state index contributed by atoms with van der Waals surface area (Å²) in [6, 6.07) is 31.7. The maximum absolute atomic E-state index is 14.4. The maximum Gasteiger partial charge on any atom is 0.256 e. The molecular formula is C34H36BrN3O. The van der Waals surface area contributed by atoms with Crippen LogP contribution < -0.4 is 0 Å². The minimum atomic E-state index is 0.0986. The Labute approximate surface area is 240 Å². The van der Waals surface area contributed by atoms with Crippen molar-refractivity contribution in [1.82, 2.24) is 14.4 Å². The van der Waals surface area contributed by atoms with Gasteiger partial charge in [0.15, 0.2) is 0 Å². The van der Waals surface area contributed by atoms with E-state index in [9.17, 15) is 4.79 Å². The summed E-state index contributed by atoms with van der Waals surface area (Å²) in [6.45, 7) is 7.46. The fourth-order valence-corrected chi connectivity index (χ4v) is 6.06. The lowest BCUT2D eigenvalue weighted by molar-refractivity contribution is 0.0438. The van der Waals surface area contributed by atoms with Crippen molar-refractivity contribution < 1.29 is 4.79 Å². The Kier molecular flexibility index (Phi) is 8.80. The van der Waals surface area contributed by atoms with Crippen LogP contribution in [0.15, 0.2) is 108 Å². The van der Waals surface area contributed by atoms with Crippen molar-refractivity contribution in [3.63, 3.8) is 0 Å². The summed E-state index contributed by atoms with van der Waals surface area (Å²) in [5.74, 6) is 0.131. The summed E-state index contributed by atoms with van der Waals surface area (Å²) < 4.78 is 3.26. The molecule has 0 N–H and O–H groups in total. The van der Waals surface area contributed by atoms with Crippen LogP contribution in [0.5, 0.6) is 0 Å². The molecule has 5 rings (SSSR count). The lowest BCUT2D eigenvalue weighted by Crippen LogP contribution is -2.55. The zero-order chi connectivity index (χ0) is 27.2. The number of nitrogens with zero attached hydrogens (tertiary/aromatic N) is 3. The number of hydrogen-bond acceptors (Lipinski definition) is 2. The first kappa shape index (κ1) is 27.2. The first-order chi connectivity index (χ1) is 19.0. The van der Waals surface area contributed by atoms with Gasteiger partial charge in [-0.1, -0.05) is 94.8 Å². The largest absolute Gasteiger partial charge is 0.333 e. The Morgan fingerprint density at radius 3 is 2.33 bits per heavy atom. The Bertz CT molecular complexity index is 1430. The van der Waals surface area contributed by atoms with Crippen molar-refractivity contribution in [1.29, 1.82) is 0 Å². The smallest absolute Gasteiger partial charge is 0.256 e. The number of allylic oxidation sites excluding steroid dienone is 2. The van der Waals surface area contributed by atoms with Crippen molar-refractivity contribution in [2.75, 3.05) is 19.6 Å². The van der Waals surface area contributed by atoms with Crippen molar-refractivity contribution in [3.8, 4) is 5.69 Å². The van der Waals surface area contributed by atoms with E-state index in [4.69, 9.17) is 0 Å². The molecule has 5 heteroatoms. The van der Waals surface area contributed by atoms with Crippen LogP contribution in [0.4, 0.5) is 0 Å². The lowest BCUT2D eigenvalue weighted by atomic mass is 10.00. The Morgan fingerprint density at radius 2 is 1.64 bits per heavy atom. The number of amides is 1. The van der Waals surface area contributed by atoms with Crippen molar-refractivity contribution in [2.24, 2.45) is 0 Å². The minimum absolute atomic E-state index is 0.0986. The number of aryl methyl sites for hydroxylation is 1. The Hall–Kier alpha value is -3.41. The molecule has 200 valence electrons. The summed E-state index contributed by atoms with van der Waals surface area (Å²) >= 11 is 3.62. The van der Waals surface area contributed by atoms with Gasteiger partial charge in [0.25, 0.3) is 5.91 Å². The van der Waals surface area contributed by atoms with Gasteiger partial charge in [0.1, 0.15) is 0 Å². The highest BCUT2D eigenvalue weighted by Crippen LogP contribution is 2.28. The van der Waals surface area contributed by atoms with Gasteiger partial charge in [-0.25, -0.2) is 0 Å². The third-order valence-corrected chi connectivity index (χ3v) is 8.01. The van der Waals surface area contributed by atoms with Crippen LogP contribution in [-0.4, -0.2) is 46.0 Å². The molecule has 0 radical (unpaired) electrons. The number of piperazine rings is 1. The average molecular weight is 583 g/mol. The van der Waals surface area contributed by atoms with Crippen molar-refractivity contribution in [3.05, 3.63) is 136 Å². The summed E-state index contributed by atoms with van der Waals surface area (Å²) in [5.41, 5.74) is 6.55. The van der Waals surface area contributed by atoms with E-state index in [-0.39, 0.29) is 11.9 Å². The van der Waals surface area contributed by atoms with Crippen molar-refractivity contribution in [2.45, 2.75) is 39.3 Å². The molecular weight excluding hydrogens is 546 g/mol. The summed E-state index contributed by atoms with van der Waals surface area (Å²) in [4.78, 5) is 19.0. The number of carbonyl (C=O) groups excluding carboxylic acids is 1. The van der Waals surface area contributed by atoms with E-state index in [0.717, 1.165) is 53.2 Å². The number of halogens is 1. The molecule has 0 saturated carbocycles. The fourth-order valence-electron chi connectivity index (χ4n) is 5.67. The van der Waals surface area contributed by atoms with Gasteiger partial charge >= 0.3 is 0 Å². The highest BCUT2D eigenvalue weighted by molar-refractivity contribution is 9.10. The van der Waals surface area contributed by atoms with E-state index < -0.39 is 0 Å². The highest BCUT2D eigenvalue weighted by atomic mass is 79.9. The second kappa shape index (κ2) is 12.6. The third kappa shape index (κ3) is 6.43. The van der Waals surface area contributed by atoms with Crippen LogP contribution in [0.2, 0.25) is 0 Å². The molecule has 0 spiro atoms. The van der Waals surface area contributed by atoms with Crippen LogP contribution >= 0.6 is 15.9 Å². The van der Waals surface area contributed by atoms with Gasteiger partial charge in [0.2, 0.25) is 0 Å². The molecule has 1 aliphatic heterocycles. The predicted molar refractivity (Wildman–Crippen MR) is 163 cm³/mol. The number of hydrogen-bond donors (Lipinski definition) is 0. The minimum Gasteiger partial charge on any atom is -0.333 e. The second-order valence-corrected chi connectivity index (χ2v) is 11.2. The zero-order valence-corrected chi connectivity index (χ0v) is 24.3. The molecule has 2 heterocycles. The SMILES string of the molecule is C/C=C\Cc1c(C(=O)N2CCN(Cc3ccccc3)C[C@H]2Cc2ccccc2)cc(C)n1-c1cccc(Br)c1. The summed E-state index contributed by atoms with van der Waals surface area (Å²) in [5, 5.41) is 0. The van der Waals surface area contributed by atoms with Gasteiger partial charge in [-0.3, -0.25) is 9.69 Å². The lowest BCUT2D eigenvalue weighted by Gasteiger charge is -2.42.